The van der Waals surface area contributed by atoms with Crippen LogP contribution in [0.4, 0.5) is 0 Å². The lowest BCUT2D eigenvalue weighted by atomic mass is 9.92. The average Bonchev–Trinajstić information content (AvgIpc) is 3.42. The first kappa shape index (κ1) is 32.9. The monoisotopic (exact) mass is 616 g/mol. The van der Waals surface area contributed by atoms with Gasteiger partial charge in [0.2, 0.25) is 0 Å². The summed E-state index contributed by atoms with van der Waals surface area (Å²) in [6.45, 7) is 11.9. The first-order chi connectivity index (χ1) is 19.1. The Bertz CT molecular complexity index is 1530. The maximum absolute atomic E-state index is 12.0. The third kappa shape index (κ3) is 8.32. The van der Waals surface area contributed by atoms with Crippen LogP contribution >= 0.6 is 15.9 Å². The second-order valence-electron chi connectivity index (χ2n) is 8.81. The van der Waals surface area contributed by atoms with E-state index in [4.69, 9.17) is 10.0 Å². The molecule has 4 heterocycles. The molecule has 0 amide bonds. The van der Waals surface area contributed by atoms with Crippen molar-refractivity contribution in [1.29, 1.82) is 0 Å². The fraction of sp³-hybridized carbons (Fsp3) is 0.462. The zero-order valence-electron chi connectivity index (χ0n) is 23.8. The molecule has 0 aromatic carbocycles. The lowest BCUT2D eigenvalue weighted by molar-refractivity contribution is 0.424. The number of allylic oxidation sites excluding steroid dienone is 2. The minimum absolute atomic E-state index is 0.128. The van der Waals surface area contributed by atoms with Crippen molar-refractivity contribution in [2.24, 2.45) is 0 Å². The molecule has 4 aromatic heterocycles. The number of hydrogen-bond acceptors (Lipinski definition) is 8. The van der Waals surface area contributed by atoms with E-state index in [0.717, 1.165) is 31.4 Å². The van der Waals surface area contributed by atoms with Crippen molar-refractivity contribution in [2.75, 3.05) is 0 Å². The molecule has 0 saturated carbocycles. The van der Waals surface area contributed by atoms with Crippen LogP contribution in [0.5, 0.6) is 0 Å². The molecule has 12 nitrogen and oxygen atoms in total. The fourth-order valence-corrected chi connectivity index (χ4v) is 4.46. The van der Waals surface area contributed by atoms with Gasteiger partial charge >= 0.3 is 18.5 Å². The van der Waals surface area contributed by atoms with Gasteiger partial charge in [-0.05, 0) is 61.5 Å². The van der Waals surface area contributed by atoms with E-state index in [0.29, 0.717) is 27.2 Å². The summed E-state index contributed by atoms with van der Waals surface area (Å²) in [6, 6.07) is 0.339. The molecule has 0 fully saturated rings. The zero-order valence-corrected chi connectivity index (χ0v) is 25.4. The Morgan fingerprint density at radius 1 is 0.850 bits per heavy atom. The molecule has 0 atom stereocenters. The predicted molar refractivity (Wildman–Crippen MR) is 163 cm³/mol. The number of imidazole rings is 2. The first-order valence-electron chi connectivity index (χ1n) is 13.4. The Balaban J connectivity index is 0.000000235. The predicted octanol–water partition coefficient (Wildman–Crippen LogP) is 4.33. The molecule has 0 aliphatic rings. The van der Waals surface area contributed by atoms with Gasteiger partial charge in [0, 0.05) is 12.1 Å². The van der Waals surface area contributed by atoms with Crippen molar-refractivity contribution in [3.8, 4) is 0 Å². The highest BCUT2D eigenvalue weighted by Crippen LogP contribution is 2.19. The zero-order chi connectivity index (χ0) is 29.8. The van der Waals surface area contributed by atoms with Crippen LogP contribution in [0.25, 0.3) is 28.7 Å². The van der Waals surface area contributed by atoms with Crippen LogP contribution in [0.1, 0.15) is 85.0 Å². The van der Waals surface area contributed by atoms with E-state index >= 15 is 0 Å². The van der Waals surface area contributed by atoms with E-state index < -0.39 is 7.12 Å². The van der Waals surface area contributed by atoms with Gasteiger partial charge in [0.25, 0.3) is 0 Å². The van der Waals surface area contributed by atoms with Crippen molar-refractivity contribution >= 4 is 51.7 Å². The summed E-state index contributed by atoms with van der Waals surface area (Å²) >= 11 is 3.27. The summed E-state index contributed by atoms with van der Waals surface area (Å²) in [7, 11) is -1.28. The van der Waals surface area contributed by atoms with E-state index in [9.17, 15) is 9.59 Å². The highest BCUT2D eigenvalue weighted by molar-refractivity contribution is 9.10. The third-order valence-electron chi connectivity index (χ3n) is 6.16. The highest BCUT2D eigenvalue weighted by atomic mass is 79.9. The lowest BCUT2D eigenvalue weighted by Crippen LogP contribution is -2.21. The number of nitrogens with one attached hydrogen (secondary N) is 2. The Morgan fingerprint density at radius 3 is 1.73 bits per heavy atom. The van der Waals surface area contributed by atoms with Crippen LogP contribution in [0.3, 0.4) is 0 Å². The maximum Gasteiger partial charge on any atom is 0.480 e. The standard InChI is InChI=1S/C13H18N4O.C10H13BrN4O.C3H7BO2/c1-4-7-9-8-14-11-12(15-9)17(13(18)16-11)10(5-2)6-3;1-3-6(4-2)15-9-8(14-10(15)16)12-5-7(11)13-9;1-2-3-4(5)6/h4,7-8,10H,5-6H2,1-3H3,(H,14,16,18);5-6H,3-4H2,1-2H3,(H,12,14,16);2-3,5-6H,1H3/b7-4-;;3-2-. The topological polar surface area (TPSA) is 168 Å². The molecule has 0 aliphatic heterocycles. The molecule has 0 bridgehead atoms. The molecule has 0 spiro atoms. The minimum Gasteiger partial charge on any atom is -0.424 e. The quantitative estimate of drug-likeness (QED) is 0.212. The number of fused-ring (bicyclic) bond motifs is 2. The van der Waals surface area contributed by atoms with Gasteiger partial charge < -0.3 is 10.0 Å². The molecule has 216 valence electrons. The SMILES string of the molecule is C/C=C\B(O)O.C/C=C\c1cnc2[nH]c(=O)n(C(CC)CC)c2n1.CCC(CC)n1c(=O)[nH]c2ncc(Br)nc21. The second-order valence-corrected chi connectivity index (χ2v) is 9.62. The number of rotatable bonds is 8. The number of halogens is 1. The largest absolute Gasteiger partial charge is 0.480 e. The van der Waals surface area contributed by atoms with E-state index in [1.807, 2.05) is 19.1 Å². The number of hydrogen-bond donors (Lipinski definition) is 4. The Morgan fingerprint density at radius 2 is 1.32 bits per heavy atom. The van der Waals surface area contributed by atoms with Crippen LogP contribution < -0.4 is 11.4 Å². The summed E-state index contributed by atoms with van der Waals surface area (Å²) < 4.78 is 4.04. The Labute approximate surface area is 241 Å². The van der Waals surface area contributed by atoms with Crippen LogP contribution in [0.2, 0.25) is 0 Å². The van der Waals surface area contributed by atoms with Crippen molar-refractivity contribution in [1.82, 2.24) is 39.0 Å². The number of H-pyrrole nitrogens is 2. The highest BCUT2D eigenvalue weighted by Gasteiger charge is 2.17. The first-order valence-corrected chi connectivity index (χ1v) is 14.2. The third-order valence-corrected chi connectivity index (χ3v) is 6.54. The summed E-state index contributed by atoms with van der Waals surface area (Å²) in [4.78, 5) is 46.4. The van der Waals surface area contributed by atoms with E-state index in [-0.39, 0.29) is 23.5 Å². The Hall–Kier alpha value is -3.36. The van der Waals surface area contributed by atoms with Gasteiger partial charge in [0.15, 0.2) is 22.6 Å². The van der Waals surface area contributed by atoms with Crippen molar-refractivity contribution in [2.45, 2.75) is 79.3 Å². The molecule has 4 N–H and O–H groups in total. The van der Waals surface area contributed by atoms with Crippen LogP contribution in [0, 0.1) is 0 Å². The minimum atomic E-state index is -1.28. The molecule has 0 aliphatic carbocycles. The molecule has 4 aromatic rings. The van der Waals surface area contributed by atoms with E-state index in [1.165, 1.54) is 5.98 Å². The molecule has 0 unspecified atom stereocenters. The van der Waals surface area contributed by atoms with Gasteiger partial charge in [-0.1, -0.05) is 45.8 Å². The summed E-state index contributed by atoms with van der Waals surface area (Å²) in [5.41, 5.74) is 2.86. The molecular formula is C26H38BBrN8O4. The van der Waals surface area contributed by atoms with Crippen LogP contribution in [0.15, 0.2) is 44.7 Å². The lowest BCUT2D eigenvalue weighted by Gasteiger charge is -2.13. The van der Waals surface area contributed by atoms with Gasteiger partial charge in [-0.15, -0.1) is 0 Å². The molecule has 4 rings (SSSR count). The van der Waals surface area contributed by atoms with Gasteiger partial charge in [0.1, 0.15) is 4.60 Å². The van der Waals surface area contributed by atoms with Crippen LogP contribution in [-0.4, -0.2) is 56.2 Å². The molecule has 14 heteroatoms. The average molecular weight is 617 g/mol. The normalized spacial score (nSPS) is 11.5. The summed E-state index contributed by atoms with van der Waals surface area (Å²) in [6.07, 6.45) is 12.2. The van der Waals surface area contributed by atoms with Crippen molar-refractivity contribution < 1.29 is 10.0 Å². The van der Waals surface area contributed by atoms with E-state index in [1.54, 1.807) is 34.5 Å². The fourth-order valence-electron chi connectivity index (χ4n) is 4.19. The van der Waals surface area contributed by atoms with Gasteiger partial charge in [-0.25, -0.2) is 29.5 Å². The van der Waals surface area contributed by atoms with Crippen molar-refractivity contribution in [3.63, 3.8) is 0 Å². The van der Waals surface area contributed by atoms with Gasteiger partial charge in [-0.2, -0.15) is 0 Å². The smallest absolute Gasteiger partial charge is 0.424 e. The molecule has 40 heavy (non-hydrogen) atoms. The number of aromatic amines is 2. The molecule has 0 radical (unpaired) electrons. The Kier molecular flexibility index (Phi) is 13.2. The van der Waals surface area contributed by atoms with E-state index in [2.05, 4.69) is 73.5 Å². The molecular weight excluding hydrogens is 579 g/mol. The number of nitrogens with zero attached hydrogens (tertiary/aromatic N) is 6. The van der Waals surface area contributed by atoms with Gasteiger partial charge in [-0.3, -0.25) is 19.1 Å². The number of aromatic nitrogens is 8. The maximum atomic E-state index is 12.0. The van der Waals surface area contributed by atoms with Crippen LogP contribution in [-0.2, 0) is 0 Å². The van der Waals surface area contributed by atoms with Crippen molar-refractivity contribution in [3.05, 3.63) is 61.8 Å². The summed E-state index contributed by atoms with van der Waals surface area (Å²) in [5, 5.41) is 16.0. The molecule has 0 saturated heterocycles. The summed E-state index contributed by atoms with van der Waals surface area (Å²) in [5.74, 6) is 1.28. The second kappa shape index (κ2) is 16.0. The van der Waals surface area contributed by atoms with Gasteiger partial charge in [0.05, 0.1) is 18.1 Å².